The molecule has 1 aromatic heterocycles. The van der Waals surface area contributed by atoms with Crippen molar-refractivity contribution in [1.29, 1.82) is 0 Å². The fourth-order valence-electron chi connectivity index (χ4n) is 4.15. The van der Waals surface area contributed by atoms with Crippen molar-refractivity contribution in [1.82, 2.24) is 9.29 Å². The molecule has 7 heteroatoms. The van der Waals surface area contributed by atoms with E-state index in [0.717, 1.165) is 27.8 Å². The summed E-state index contributed by atoms with van der Waals surface area (Å²) < 4.78 is 47.2. The van der Waals surface area contributed by atoms with Gasteiger partial charge in [0.1, 0.15) is 23.2 Å². The molecule has 0 amide bonds. The van der Waals surface area contributed by atoms with Crippen molar-refractivity contribution in [2.75, 3.05) is 13.1 Å². The highest BCUT2D eigenvalue weighted by atomic mass is 32.2. The van der Waals surface area contributed by atoms with E-state index >= 15 is 0 Å². The molecule has 0 unspecified atom stereocenters. The van der Waals surface area contributed by atoms with E-state index in [9.17, 15) is 12.8 Å². The van der Waals surface area contributed by atoms with Crippen LogP contribution in [0.3, 0.4) is 0 Å². The lowest BCUT2D eigenvalue weighted by Crippen LogP contribution is -2.41. The van der Waals surface area contributed by atoms with Crippen molar-refractivity contribution in [3.63, 3.8) is 0 Å². The molecular weight excluding hydrogens is 439 g/mol. The van der Waals surface area contributed by atoms with Crippen LogP contribution in [0.5, 0.6) is 5.75 Å². The van der Waals surface area contributed by atoms with Crippen molar-refractivity contribution >= 4 is 20.9 Å². The predicted octanol–water partition coefficient (Wildman–Crippen LogP) is 5.27. The van der Waals surface area contributed by atoms with E-state index in [4.69, 9.17) is 4.74 Å². The van der Waals surface area contributed by atoms with Crippen LogP contribution in [0.1, 0.15) is 12.8 Å². The molecule has 5 rings (SSSR count). The van der Waals surface area contributed by atoms with Gasteiger partial charge in [0.2, 0.25) is 10.0 Å². The van der Waals surface area contributed by atoms with E-state index in [1.54, 1.807) is 42.6 Å². The normalized spacial score (nSPS) is 15.5. The third-order valence-electron chi connectivity index (χ3n) is 5.96. The number of nitrogens with zero attached hydrogens (tertiary/aromatic N) is 2. The minimum atomic E-state index is -3.59. The highest BCUT2D eigenvalue weighted by Crippen LogP contribution is 2.29. The van der Waals surface area contributed by atoms with Gasteiger partial charge in [-0.1, -0.05) is 42.5 Å². The van der Waals surface area contributed by atoms with Crippen LogP contribution in [0.25, 0.3) is 22.0 Å². The number of hydrogen-bond donors (Lipinski definition) is 0. The van der Waals surface area contributed by atoms with Gasteiger partial charge in [-0.3, -0.25) is 4.98 Å². The zero-order valence-corrected chi connectivity index (χ0v) is 18.7. The Morgan fingerprint density at radius 1 is 0.848 bits per heavy atom. The van der Waals surface area contributed by atoms with Gasteiger partial charge >= 0.3 is 0 Å². The molecule has 0 atom stereocenters. The maximum atomic E-state index is 13.2. The number of para-hydroxylation sites is 1. The van der Waals surface area contributed by atoms with Crippen LogP contribution in [0.4, 0.5) is 4.39 Å². The van der Waals surface area contributed by atoms with Gasteiger partial charge < -0.3 is 4.74 Å². The number of piperidine rings is 1. The molecule has 33 heavy (non-hydrogen) atoms. The molecule has 4 aromatic rings. The molecule has 0 bridgehead atoms. The summed E-state index contributed by atoms with van der Waals surface area (Å²) in [5.74, 6) is 0.424. The SMILES string of the molecule is O=S(=O)(c1ccc(-c2ccc(F)cc2)cc1)N1CCC(Oc2cccc3cccnc23)CC1. The molecule has 2 heterocycles. The Kier molecular flexibility index (Phi) is 5.83. The van der Waals surface area contributed by atoms with Crippen molar-refractivity contribution in [3.8, 4) is 16.9 Å². The Morgan fingerprint density at radius 2 is 1.48 bits per heavy atom. The van der Waals surface area contributed by atoms with Gasteiger partial charge in [-0.25, -0.2) is 12.8 Å². The average Bonchev–Trinajstić information content (AvgIpc) is 2.85. The summed E-state index contributed by atoms with van der Waals surface area (Å²) in [5, 5.41) is 1.01. The fourth-order valence-corrected chi connectivity index (χ4v) is 5.62. The van der Waals surface area contributed by atoms with E-state index in [2.05, 4.69) is 4.98 Å². The van der Waals surface area contributed by atoms with Crippen molar-refractivity contribution in [3.05, 3.63) is 90.9 Å². The highest BCUT2D eigenvalue weighted by Gasteiger charge is 2.30. The lowest BCUT2D eigenvalue weighted by molar-refractivity contribution is 0.136. The molecule has 3 aromatic carbocycles. The van der Waals surface area contributed by atoms with E-state index in [0.29, 0.717) is 25.9 Å². The predicted molar refractivity (Wildman–Crippen MR) is 126 cm³/mol. The van der Waals surface area contributed by atoms with Gasteiger partial charge in [0.15, 0.2) is 0 Å². The van der Waals surface area contributed by atoms with Crippen molar-refractivity contribution in [2.24, 2.45) is 0 Å². The molecule has 5 nitrogen and oxygen atoms in total. The first kappa shape index (κ1) is 21.6. The topological polar surface area (TPSA) is 59.5 Å². The molecule has 1 aliphatic rings. The summed E-state index contributed by atoms with van der Waals surface area (Å²) in [4.78, 5) is 4.68. The molecule has 168 valence electrons. The van der Waals surface area contributed by atoms with Crippen LogP contribution < -0.4 is 4.74 Å². The monoisotopic (exact) mass is 462 g/mol. The van der Waals surface area contributed by atoms with Crippen molar-refractivity contribution in [2.45, 2.75) is 23.8 Å². The number of ether oxygens (including phenoxy) is 1. The van der Waals surface area contributed by atoms with E-state index < -0.39 is 10.0 Å². The number of rotatable bonds is 5. The maximum Gasteiger partial charge on any atom is 0.243 e. The van der Waals surface area contributed by atoms with Crippen LogP contribution in [-0.4, -0.2) is 36.9 Å². The van der Waals surface area contributed by atoms with Crippen LogP contribution in [0.2, 0.25) is 0 Å². The lowest BCUT2D eigenvalue weighted by atomic mass is 10.1. The number of hydrogen-bond acceptors (Lipinski definition) is 4. The smallest absolute Gasteiger partial charge is 0.243 e. The lowest BCUT2D eigenvalue weighted by Gasteiger charge is -2.31. The largest absolute Gasteiger partial charge is 0.488 e. The molecule has 0 N–H and O–H groups in total. The van der Waals surface area contributed by atoms with Gasteiger partial charge in [0, 0.05) is 24.7 Å². The molecule has 0 aliphatic carbocycles. The van der Waals surface area contributed by atoms with Crippen LogP contribution in [0, 0.1) is 5.82 Å². The minimum Gasteiger partial charge on any atom is -0.488 e. The molecular formula is C26H23FN2O3S. The molecule has 1 saturated heterocycles. The molecule has 1 fully saturated rings. The van der Waals surface area contributed by atoms with E-state index in [1.807, 2.05) is 30.3 Å². The number of sulfonamides is 1. The van der Waals surface area contributed by atoms with E-state index in [1.165, 1.54) is 16.4 Å². The summed E-state index contributed by atoms with van der Waals surface area (Å²) in [5.41, 5.74) is 2.49. The maximum absolute atomic E-state index is 13.2. The quantitative estimate of drug-likeness (QED) is 0.405. The first-order valence-electron chi connectivity index (χ1n) is 10.9. The van der Waals surface area contributed by atoms with Crippen LogP contribution in [0.15, 0.2) is 90.0 Å². The summed E-state index contributed by atoms with van der Waals surface area (Å²) in [6.45, 7) is 0.788. The minimum absolute atomic E-state index is 0.0649. The second kappa shape index (κ2) is 8.92. The highest BCUT2D eigenvalue weighted by molar-refractivity contribution is 7.89. The first-order valence-corrected chi connectivity index (χ1v) is 12.3. The van der Waals surface area contributed by atoms with Crippen molar-refractivity contribution < 1.29 is 17.5 Å². The second-order valence-electron chi connectivity index (χ2n) is 8.08. The summed E-state index contributed by atoms with van der Waals surface area (Å²) >= 11 is 0. The van der Waals surface area contributed by atoms with Gasteiger partial charge in [0.05, 0.1) is 4.90 Å². The van der Waals surface area contributed by atoms with E-state index in [-0.39, 0.29) is 16.8 Å². The average molecular weight is 463 g/mol. The fraction of sp³-hybridized carbons (Fsp3) is 0.192. The molecule has 0 radical (unpaired) electrons. The van der Waals surface area contributed by atoms with Gasteiger partial charge in [0.25, 0.3) is 0 Å². The Hall–Kier alpha value is -3.29. The van der Waals surface area contributed by atoms with Gasteiger partial charge in [-0.2, -0.15) is 4.31 Å². The zero-order valence-electron chi connectivity index (χ0n) is 17.9. The third kappa shape index (κ3) is 4.47. The Balaban J connectivity index is 1.26. The molecule has 1 aliphatic heterocycles. The number of fused-ring (bicyclic) bond motifs is 1. The van der Waals surface area contributed by atoms with Crippen LogP contribution >= 0.6 is 0 Å². The number of benzene rings is 3. The zero-order chi connectivity index (χ0) is 22.8. The number of aromatic nitrogens is 1. The number of pyridine rings is 1. The Bertz CT molecular complexity index is 1360. The first-order chi connectivity index (χ1) is 16.0. The summed E-state index contributed by atoms with van der Waals surface area (Å²) in [6.07, 6.45) is 2.89. The second-order valence-corrected chi connectivity index (χ2v) is 10.0. The molecule has 0 spiro atoms. The van der Waals surface area contributed by atoms with Gasteiger partial charge in [-0.15, -0.1) is 0 Å². The Labute approximate surface area is 192 Å². The standard InChI is InChI=1S/C26H23FN2O3S/c27-22-10-6-19(7-11-22)20-8-12-24(13-9-20)33(30,31)29-17-14-23(15-18-29)32-25-5-1-3-21-4-2-16-28-26(21)25/h1-13,16,23H,14-15,17-18H2. The summed E-state index contributed by atoms with van der Waals surface area (Å²) in [6, 6.07) is 22.6. The third-order valence-corrected chi connectivity index (χ3v) is 7.87. The summed E-state index contributed by atoms with van der Waals surface area (Å²) in [7, 11) is -3.59. The van der Waals surface area contributed by atoms with Gasteiger partial charge in [-0.05, 0) is 60.4 Å². The molecule has 0 saturated carbocycles. The Morgan fingerprint density at radius 3 is 2.18 bits per heavy atom. The number of halogens is 1. The van der Waals surface area contributed by atoms with Crippen LogP contribution in [-0.2, 0) is 10.0 Å².